The number of carbonyl (C=O) groups excluding carboxylic acids is 3. The van der Waals surface area contributed by atoms with Crippen LogP contribution >= 0.6 is 0 Å². The second-order valence-electron chi connectivity index (χ2n) is 6.71. The van der Waals surface area contributed by atoms with Gasteiger partial charge in [-0.15, -0.1) is 0 Å². The number of rotatable bonds is 7. The van der Waals surface area contributed by atoms with Gasteiger partial charge in [0.05, 0.1) is 0 Å². The lowest BCUT2D eigenvalue weighted by Gasteiger charge is -2.26. The summed E-state index contributed by atoms with van der Waals surface area (Å²) in [6, 6.07) is 13.9. The lowest BCUT2D eigenvalue weighted by atomic mass is 10.1. The molecule has 7 heteroatoms. The van der Waals surface area contributed by atoms with Crippen LogP contribution in [-0.2, 0) is 16.1 Å². The molecule has 0 aromatic heterocycles. The van der Waals surface area contributed by atoms with Crippen molar-refractivity contribution in [2.24, 2.45) is 5.73 Å². The van der Waals surface area contributed by atoms with Gasteiger partial charge in [0, 0.05) is 30.8 Å². The van der Waals surface area contributed by atoms with E-state index < -0.39 is 5.91 Å². The fourth-order valence-electron chi connectivity index (χ4n) is 3.06. The molecule has 28 heavy (non-hydrogen) atoms. The number of hydrogen-bond acceptors (Lipinski definition) is 4. The van der Waals surface area contributed by atoms with E-state index in [4.69, 9.17) is 10.5 Å². The normalized spacial score (nSPS) is 13.9. The summed E-state index contributed by atoms with van der Waals surface area (Å²) in [5, 5.41) is 2.86. The Morgan fingerprint density at radius 1 is 1.11 bits per heavy atom. The van der Waals surface area contributed by atoms with Crippen molar-refractivity contribution in [3.05, 3.63) is 59.7 Å². The zero-order valence-corrected chi connectivity index (χ0v) is 15.5. The van der Waals surface area contributed by atoms with E-state index in [0.717, 1.165) is 24.9 Å². The molecule has 3 N–H and O–H groups in total. The van der Waals surface area contributed by atoms with E-state index >= 15 is 0 Å². The number of hydrogen-bond donors (Lipinski definition) is 2. The summed E-state index contributed by atoms with van der Waals surface area (Å²) in [6.07, 6.45) is 2.59. The molecule has 1 aliphatic rings. The number of carbonyl (C=O) groups is 3. The van der Waals surface area contributed by atoms with E-state index in [0.29, 0.717) is 30.0 Å². The highest BCUT2D eigenvalue weighted by molar-refractivity contribution is 6.04. The summed E-state index contributed by atoms with van der Waals surface area (Å²) in [6.45, 7) is 1.12. The summed E-state index contributed by atoms with van der Waals surface area (Å²) in [7, 11) is 0. The molecule has 146 valence electrons. The number of anilines is 1. The molecule has 1 aliphatic heterocycles. The average Bonchev–Trinajstić information content (AvgIpc) is 2.69. The summed E-state index contributed by atoms with van der Waals surface area (Å²) in [5.74, 6) is -0.177. The van der Waals surface area contributed by atoms with Crippen LogP contribution in [0.1, 0.15) is 35.2 Å². The van der Waals surface area contributed by atoms with Crippen molar-refractivity contribution in [1.82, 2.24) is 4.90 Å². The third kappa shape index (κ3) is 5.33. The lowest BCUT2D eigenvalue weighted by Crippen LogP contribution is -2.34. The van der Waals surface area contributed by atoms with E-state index in [-0.39, 0.29) is 18.4 Å². The summed E-state index contributed by atoms with van der Waals surface area (Å²) in [4.78, 5) is 37.0. The smallest absolute Gasteiger partial charge is 0.255 e. The van der Waals surface area contributed by atoms with Crippen LogP contribution in [0.5, 0.6) is 5.75 Å². The van der Waals surface area contributed by atoms with E-state index in [2.05, 4.69) is 5.32 Å². The Morgan fingerprint density at radius 3 is 2.61 bits per heavy atom. The van der Waals surface area contributed by atoms with Gasteiger partial charge < -0.3 is 20.7 Å². The van der Waals surface area contributed by atoms with Crippen molar-refractivity contribution >= 4 is 23.4 Å². The average molecular weight is 381 g/mol. The Hall–Kier alpha value is -3.35. The van der Waals surface area contributed by atoms with Gasteiger partial charge in [-0.25, -0.2) is 0 Å². The second kappa shape index (κ2) is 9.03. The van der Waals surface area contributed by atoms with Crippen LogP contribution in [0.25, 0.3) is 0 Å². The minimum Gasteiger partial charge on any atom is -0.484 e. The topological polar surface area (TPSA) is 102 Å². The SMILES string of the molecule is NC(=O)COc1ccc(C(=O)Nc2cccc(CN3CCCCC3=O)c2)cc1. The van der Waals surface area contributed by atoms with Gasteiger partial charge in [0.1, 0.15) is 5.75 Å². The number of primary amides is 1. The maximum atomic E-state index is 12.5. The van der Waals surface area contributed by atoms with Crippen molar-refractivity contribution in [3.8, 4) is 5.75 Å². The Bertz CT molecular complexity index is 864. The Balaban J connectivity index is 1.60. The van der Waals surface area contributed by atoms with Crippen LogP contribution in [0, 0.1) is 0 Å². The van der Waals surface area contributed by atoms with E-state index in [1.54, 1.807) is 24.3 Å². The van der Waals surface area contributed by atoms with Crippen LogP contribution < -0.4 is 15.8 Å². The van der Waals surface area contributed by atoms with Crippen LogP contribution in [0.15, 0.2) is 48.5 Å². The number of likely N-dealkylation sites (tertiary alicyclic amines) is 1. The molecule has 0 unspecified atom stereocenters. The molecule has 0 aliphatic carbocycles. The molecule has 1 heterocycles. The van der Waals surface area contributed by atoms with Crippen molar-refractivity contribution in [2.45, 2.75) is 25.8 Å². The molecule has 7 nitrogen and oxygen atoms in total. The molecular formula is C21H23N3O4. The molecule has 0 spiro atoms. The van der Waals surface area contributed by atoms with Crippen LogP contribution in [-0.4, -0.2) is 35.8 Å². The van der Waals surface area contributed by atoms with Crippen molar-refractivity contribution in [3.63, 3.8) is 0 Å². The van der Waals surface area contributed by atoms with Crippen molar-refractivity contribution in [1.29, 1.82) is 0 Å². The van der Waals surface area contributed by atoms with Crippen molar-refractivity contribution < 1.29 is 19.1 Å². The van der Waals surface area contributed by atoms with Gasteiger partial charge in [-0.2, -0.15) is 0 Å². The van der Waals surface area contributed by atoms with Gasteiger partial charge in [0.2, 0.25) is 5.91 Å². The molecule has 0 atom stereocenters. The number of piperidine rings is 1. The molecule has 0 bridgehead atoms. The quantitative estimate of drug-likeness (QED) is 0.768. The van der Waals surface area contributed by atoms with E-state index in [1.807, 2.05) is 29.2 Å². The largest absolute Gasteiger partial charge is 0.484 e. The predicted octanol–water partition coefficient (Wildman–Crippen LogP) is 2.32. The standard InChI is InChI=1S/C21H23N3O4/c22-19(25)14-28-18-9-7-16(8-10-18)21(27)23-17-5-3-4-15(12-17)13-24-11-2-1-6-20(24)26/h3-5,7-10,12H,1-2,6,11,13-14H2,(H2,22,25)(H,23,27). The third-order valence-electron chi connectivity index (χ3n) is 4.48. The Kier molecular flexibility index (Phi) is 6.26. The highest BCUT2D eigenvalue weighted by atomic mass is 16.5. The number of nitrogens with one attached hydrogen (secondary N) is 1. The molecule has 1 fully saturated rings. The second-order valence-corrected chi connectivity index (χ2v) is 6.71. The number of amides is 3. The molecule has 2 aromatic carbocycles. The summed E-state index contributed by atoms with van der Waals surface area (Å²) in [5.41, 5.74) is 7.14. The number of nitrogens with zero attached hydrogens (tertiary/aromatic N) is 1. The van der Waals surface area contributed by atoms with Gasteiger partial charge in [-0.1, -0.05) is 12.1 Å². The number of ether oxygens (including phenoxy) is 1. The predicted molar refractivity (Wildman–Crippen MR) is 105 cm³/mol. The fraction of sp³-hybridized carbons (Fsp3) is 0.286. The number of benzene rings is 2. The maximum Gasteiger partial charge on any atom is 0.255 e. The highest BCUT2D eigenvalue weighted by Gasteiger charge is 2.18. The van der Waals surface area contributed by atoms with Crippen LogP contribution in [0.4, 0.5) is 5.69 Å². The Morgan fingerprint density at radius 2 is 1.89 bits per heavy atom. The molecule has 0 saturated carbocycles. The minimum absolute atomic E-state index is 0.180. The summed E-state index contributed by atoms with van der Waals surface area (Å²) >= 11 is 0. The first-order valence-electron chi connectivity index (χ1n) is 9.20. The van der Waals surface area contributed by atoms with Gasteiger partial charge in [0.15, 0.2) is 6.61 Å². The Labute approximate surface area is 163 Å². The van der Waals surface area contributed by atoms with Gasteiger partial charge in [-0.05, 0) is 54.8 Å². The molecule has 3 rings (SSSR count). The van der Waals surface area contributed by atoms with E-state index in [9.17, 15) is 14.4 Å². The van der Waals surface area contributed by atoms with Crippen LogP contribution in [0.2, 0.25) is 0 Å². The third-order valence-corrected chi connectivity index (χ3v) is 4.48. The lowest BCUT2D eigenvalue weighted by molar-refractivity contribution is -0.133. The maximum absolute atomic E-state index is 12.5. The monoisotopic (exact) mass is 381 g/mol. The first kappa shape index (κ1) is 19.4. The zero-order chi connectivity index (χ0) is 19.9. The molecular weight excluding hydrogens is 358 g/mol. The fourth-order valence-corrected chi connectivity index (χ4v) is 3.06. The van der Waals surface area contributed by atoms with Gasteiger partial charge in [-0.3, -0.25) is 14.4 Å². The molecule has 2 aromatic rings. The van der Waals surface area contributed by atoms with Gasteiger partial charge >= 0.3 is 0 Å². The highest BCUT2D eigenvalue weighted by Crippen LogP contribution is 2.18. The summed E-state index contributed by atoms with van der Waals surface area (Å²) < 4.78 is 5.18. The molecule has 3 amide bonds. The van der Waals surface area contributed by atoms with Crippen LogP contribution in [0.3, 0.4) is 0 Å². The van der Waals surface area contributed by atoms with Gasteiger partial charge in [0.25, 0.3) is 11.8 Å². The van der Waals surface area contributed by atoms with Crippen molar-refractivity contribution in [2.75, 3.05) is 18.5 Å². The van der Waals surface area contributed by atoms with E-state index in [1.165, 1.54) is 0 Å². The molecule has 1 saturated heterocycles. The number of nitrogens with two attached hydrogens (primary N) is 1. The molecule has 0 radical (unpaired) electrons. The first-order valence-corrected chi connectivity index (χ1v) is 9.20. The zero-order valence-electron chi connectivity index (χ0n) is 15.5. The minimum atomic E-state index is -0.562. The first-order chi connectivity index (χ1) is 13.5.